The van der Waals surface area contributed by atoms with Crippen molar-refractivity contribution in [3.8, 4) is 12.1 Å². The van der Waals surface area contributed by atoms with Crippen molar-refractivity contribution in [3.05, 3.63) is 51.3 Å². The normalized spacial score (nSPS) is 16.3. The Morgan fingerprint density at radius 1 is 1.06 bits per heavy atom. The molecule has 2 rings (SSSR count). The van der Waals surface area contributed by atoms with Gasteiger partial charge in [0, 0.05) is 12.1 Å². The molecule has 18 heavy (non-hydrogen) atoms. The second-order valence-electron chi connectivity index (χ2n) is 3.65. The highest BCUT2D eigenvalue weighted by Crippen LogP contribution is 2.42. The third-order valence-corrected chi connectivity index (χ3v) is 3.53. The van der Waals surface area contributed by atoms with E-state index in [0.29, 0.717) is 21.2 Å². The third kappa shape index (κ3) is 1.90. The molecule has 0 amide bonds. The predicted octanol–water partition coefficient (Wildman–Crippen LogP) is 0.719. The van der Waals surface area contributed by atoms with E-state index in [1.807, 2.05) is 0 Å². The van der Waals surface area contributed by atoms with Crippen molar-refractivity contribution < 1.29 is 4.98 Å². The maximum Gasteiger partial charge on any atom is 0.167 e. The topological polar surface area (TPSA) is 114 Å². The van der Waals surface area contributed by atoms with E-state index in [1.54, 1.807) is 24.5 Å². The number of pyridine rings is 1. The number of aromatic amines is 1. The van der Waals surface area contributed by atoms with Gasteiger partial charge in [-0.2, -0.15) is 10.5 Å². The minimum atomic E-state index is -0.476. The second kappa shape index (κ2) is 4.82. The number of nitrogens with two attached hydrogens (primary N) is 2. The summed E-state index contributed by atoms with van der Waals surface area (Å²) in [6.45, 7) is 0. The highest BCUT2D eigenvalue weighted by Gasteiger charge is 2.31. The van der Waals surface area contributed by atoms with Gasteiger partial charge >= 0.3 is 0 Å². The van der Waals surface area contributed by atoms with E-state index >= 15 is 0 Å². The summed E-state index contributed by atoms with van der Waals surface area (Å²) in [5.74, 6) is -0.476. The van der Waals surface area contributed by atoms with Crippen molar-refractivity contribution in [1.82, 2.24) is 0 Å². The summed E-state index contributed by atoms with van der Waals surface area (Å²) >= 11 is 1.07. The van der Waals surface area contributed by atoms with Crippen molar-refractivity contribution >= 4 is 11.8 Å². The molecule has 0 aromatic carbocycles. The predicted molar refractivity (Wildman–Crippen MR) is 67.0 cm³/mol. The van der Waals surface area contributed by atoms with Crippen LogP contribution in [0.15, 0.2) is 45.7 Å². The van der Waals surface area contributed by atoms with Gasteiger partial charge < -0.3 is 11.5 Å². The summed E-state index contributed by atoms with van der Waals surface area (Å²) < 4.78 is 0. The Kier molecular flexibility index (Phi) is 3.22. The van der Waals surface area contributed by atoms with Gasteiger partial charge in [0.05, 0.1) is 39.3 Å². The minimum absolute atomic E-state index is 0.354. The molecule has 5 N–H and O–H groups in total. The minimum Gasteiger partial charge on any atom is -0.392 e. The summed E-state index contributed by atoms with van der Waals surface area (Å²) in [5, 5.41) is 19.1. The molecule has 1 aliphatic heterocycles. The van der Waals surface area contributed by atoms with E-state index in [1.165, 1.54) is 0 Å². The Hall–Kier alpha value is -2.44. The molecule has 0 fully saturated rings. The molecule has 1 aliphatic rings. The molecule has 1 aromatic heterocycles. The molecule has 88 valence electrons. The third-order valence-electron chi connectivity index (χ3n) is 2.65. The molecule has 6 heteroatoms. The first-order valence-corrected chi connectivity index (χ1v) is 5.94. The Bertz CT molecular complexity index is 582. The molecular weight excluding hydrogens is 246 g/mol. The standard InChI is InChI=1S/C12H9N5S/c13-5-8-10(7-1-3-17-4-2-7)9(6-14)12(16)18-11(8)15/h1-4,10H,15-16H2/p+1. The molecule has 0 saturated heterocycles. The zero-order valence-electron chi connectivity index (χ0n) is 9.34. The number of H-pyrrole nitrogens is 1. The Balaban J connectivity index is 2.62. The smallest absolute Gasteiger partial charge is 0.167 e. The van der Waals surface area contributed by atoms with Gasteiger partial charge in [-0.15, -0.1) is 0 Å². The number of thioether (sulfide) groups is 1. The Labute approximate surface area is 108 Å². The molecular formula is C12H10N5S+. The summed E-state index contributed by atoms with van der Waals surface area (Å²) in [5.41, 5.74) is 13.2. The fourth-order valence-electron chi connectivity index (χ4n) is 1.82. The average Bonchev–Trinajstić information content (AvgIpc) is 2.39. The average molecular weight is 256 g/mol. The summed E-state index contributed by atoms with van der Waals surface area (Å²) in [6, 6.07) is 7.74. The number of hydrogen-bond acceptors (Lipinski definition) is 5. The Morgan fingerprint density at radius 2 is 1.56 bits per heavy atom. The number of allylic oxidation sites excluding steroid dienone is 2. The molecule has 0 spiro atoms. The Morgan fingerprint density at radius 3 is 2.00 bits per heavy atom. The molecule has 0 radical (unpaired) electrons. The van der Waals surface area contributed by atoms with Crippen molar-refractivity contribution in [2.24, 2.45) is 11.5 Å². The van der Waals surface area contributed by atoms with Gasteiger partial charge in [-0.1, -0.05) is 11.8 Å². The van der Waals surface area contributed by atoms with Crippen LogP contribution in [0.5, 0.6) is 0 Å². The van der Waals surface area contributed by atoms with Gasteiger partial charge in [-0.25, -0.2) is 4.98 Å². The molecule has 0 unspecified atom stereocenters. The number of nitrogens with one attached hydrogen (secondary N) is 1. The quantitative estimate of drug-likeness (QED) is 0.768. The van der Waals surface area contributed by atoms with Gasteiger partial charge in [-0.05, 0) is 5.56 Å². The maximum atomic E-state index is 9.21. The molecule has 2 heterocycles. The lowest BCUT2D eigenvalue weighted by atomic mass is 9.86. The van der Waals surface area contributed by atoms with E-state index in [-0.39, 0.29) is 0 Å². The lowest BCUT2D eigenvalue weighted by Gasteiger charge is -2.22. The molecule has 0 aliphatic carbocycles. The molecule has 1 aromatic rings. The molecule has 0 bridgehead atoms. The first-order chi connectivity index (χ1) is 8.69. The number of aromatic nitrogens is 1. The maximum absolute atomic E-state index is 9.21. The van der Waals surface area contributed by atoms with E-state index in [9.17, 15) is 10.5 Å². The number of nitriles is 2. The van der Waals surface area contributed by atoms with Crippen LogP contribution >= 0.6 is 11.8 Å². The first kappa shape index (κ1) is 12.0. The van der Waals surface area contributed by atoms with Crippen molar-refractivity contribution in [2.75, 3.05) is 0 Å². The zero-order chi connectivity index (χ0) is 13.1. The van der Waals surface area contributed by atoms with Crippen molar-refractivity contribution in [3.63, 3.8) is 0 Å². The van der Waals surface area contributed by atoms with Gasteiger partial charge in [-0.3, -0.25) is 0 Å². The van der Waals surface area contributed by atoms with E-state index in [4.69, 9.17) is 11.5 Å². The molecule has 0 saturated carbocycles. The van der Waals surface area contributed by atoms with E-state index in [0.717, 1.165) is 17.3 Å². The zero-order valence-corrected chi connectivity index (χ0v) is 10.2. The van der Waals surface area contributed by atoms with Crippen LogP contribution in [-0.2, 0) is 0 Å². The fraction of sp³-hybridized carbons (Fsp3) is 0.0833. The lowest BCUT2D eigenvalue weighted by molar-refractivity contribution is -0.378. The first-order valence-electron chi connectivity index (χ1n) is 5.12. The van der Waals surface area contributed by atoms with Crippen LogP contribution < -0.4 is 16.5 Å². The van der Waals surface area contributed by atoms with Crippen molar-refractivity contribution in [2.45, 2.75) is 5.92 Å². The highest BCUT2D eigenvalue weighted by molar-refractivity contribution is 8.06. The monoisotopic (exact) mass is 256 g/mol. The fourth-order valence-corrected chi connectivity index (χ4v) is 2.61. The van der Waals surface area contributed by atoms with Gasteiger partial charge in [0.2, 0.25) is 0 Å². The summed E-state index contributed by atoms with van der Waals surface area (Å²) in [4.78, 5) is 2.89. The number of rotatable bonds is 1. The number of hydrogen-bond donors (Lipinski definition) is 2. The van der Waals surface area contributed by atoms with Crippen LogP contribution in [-0.4, -0.2) is 0 Å². The van der Waals surface area contributed by atoms with Crippen LogP contribution in [0.4, 0.5) is 0 Å². The second-order valence-corrected chi connectivity index (χ2v) is 4.73. The SMILES string of the molecule is N#CC1=C(N)SC(N)=C(C#N)C1c1cc[nH+]cc1. The van der Waals surface area contributed by atoms with E-state index in [2.05, 4.69) is 17.1 Å². The van der Waals surface area contributed by atoms with Crippen LogP contribution in [0, 0.1) is 22.7 Å². The lowest BCUT2D eigenvalue weighted by Crippen LogP contribution is -2.18. The summed E-state index contributed by atoms with van der Waals surface area (Å²) in [7, 11) is 0. The van der Waals surface area contributed by atoms with Crippen LogP contribution in [0.3, 0.4) is 0 Å². The van der Waals surface area contributed by atoms with Crippen LogP contribution in [0.1, 0.15) is 11.5 Å². The van der Waals surface area contributed by atoms with Gasteiger partial charge in [0.25, 0.3) is 0 Å². The largest absolute Gasteiger partial charge is 0.392 e. The van der Waals surface area contributed by atoms with Crippen LogP contribution in [0.2, 0.25) is 0 Å². The van der Waals surface area contributed by atoms with Gasteiger partial charge in [0.15, 0.2) is 12.4 Å². The molecule has 0 atom stereocenters. The van der Waals surface area contributed by atoms with Crippen molar-refractivity contribution in [1.29, 1.82) is 10.5 Å². The number of nitrogens with zero attached hydrogens (tertiary/aromatic N) is 2. The van der Waals surface area contributed by atoms with E-state index < -0.39 is 5.92 Å². The molecule has 5 nitrogen and oxygen atoms in total. The van der Waals surface area contributed by atoms with Crippen LogP contribution in [0.25, 0.3) is 0 Å². The highest BCUT2D eigenvalue weighted by atomic mass is 32.2. The summed E-state index contributed by atoms with van der Waals surface area (Å²) in [6.07, 6.45) is 3.46. The van der Waals surface area contributed by atoms with Gasteiger partial charge in [0.1, 0.15) is 0 Å².